The molecule has 0 aliphatic carbocycles. The second-order valence-electron chi connectivity index (χ2n) is 2.55. The van der Waals surface area contributed by atoms with Gasteiger partial charge in [0.05, 0.1) is 0 Å². The van der Waals surface area contributed by atoms with Gasteiger partial charge >= 0.3 is 0 Å². The van der Waals surface area contributed by atoms with Crippen molar-refractivity contribution < 1.29 is 0 Å². The molecular weight excluding hydrogens is 269 g/mol. The second-order valence-corrected chi connectivity index (χ2v) is 6.21. The van der Waals surface area contributed by atoms with Crippen LogP contribution in [-0.2, 0) is 0 Å². The Kier molecular flexibility index (Phi) is 2.88. The third-order valence-corrected chi connectivity index (χ3v) is 5.71. The molecule has 12 heavy (non-hydrogen) atoms. The minimum atomic E-state index is 0.719. The monoisotopic (exact) mass is 276 g/mol. The van der Waals surface area contributed by atoms with Gasteiger partial charge in [0.25, 0.3) is 0 Å². The highest BCUT2D eigenvalue weighted by Gasteiger charge is 1.96. The molecular formula is C8H8BrP3. The van der Waals surface area contributed by atoms with Crippen molar-refractivity contribution in [3.8, 4) is 0 Å². The highest BCUT2D eigenvalue weighted by atomic mass is 79.9. The van der Waals surface area contributed by atoms with Crippen LogP contribution >= 0.6 is 40.2 Å². The van der Waals surface area contributed by atoms with E-state index in [-0.39, 0.29) is 0 Å². The lowest BCUT2D eigenvalue weighted by molar-refractivity contribution is 1.93. The molecule has 3 atom stereocenters. The van der Waals surface area contributed by atoms with Gasteiger partial charge in [-0.2, -0.15) is 0 Å². The van der Waals surface area contributed by atoms with Gasteiger partial charge in [0, 0.05) is 0 Å². The summed E-state index contributed by atoms with van der Waals surface area (Å²) in [5.74, 6) is 3.40. The summed E-state index contributed by atoms with van der Waals surface area (Å²) in [6.45, 7) is 0. The summed E-state index contributed by atoms with van der Waals surface area (Å²) >= 11 is 3.53. The van der Waals surface area contributed by atoms with Gasteiger partial charge in [-0.05, 0) is 21.8 Å². The van der Waals surface area contributed by atoms with E-state index in [4.69, 9.17) is 0 Å². The first-order valence-corrected chi connectivity index (χ1v) is 8.50. The average Bonchev–Trinajstić information content (AvgIpc) is 2.48. The molecule has 0 aliphatic heterocycles. The molecule has 3 unspecified atom stereocenters. The quantitative estimate of drug-likeness (QED) is 0.555. The van der Waals surface area contributed by atoms with Crippen LogP contribution < -0.4 is 10.6 Å². The van der Waals surface area contributed by atoms with Gasteiger partial charge in [-0.1, -0.05) is 32.9 Å². The number of hydrogen-bond acceptors (Lipinski definition) is 0. The summed E-state index contributed by atoms with van der Waals surface area (Å²) < 4.78 is 0. The van der Waals surface area contributed by atoms with Crippen LogP contribution in [0.15, 0.2) is 18.2 Å². The number of benzene rings is 1. The van der Waals surface area contributed by atoms with Gasteiger partial charge in [0.2, 0.25) is 0 Å². The van der Waals surface area contributed by atoms with E-state index in [2.05, 4.69) is 39.5 Å². The van der Waals surface area contributed by atoms with Crippen LogP contribution in [-0.4, -0.2) is 0 Å². The molecule has 0 N–H and O–H groups in total. The van der Waals surface area contributed by atoms with E-state index in [0.717, 1.165) is 15.5 Å². The lowest BCUT2D eigenvalue weighted by Gasteiger charge is -2.05. The molecule has 1 aromatic heterocycles. The first kappa shape index (κ1) is 9.17. The lowest BCUT2D eigenvalue weighted by atomic mass is 10.3. The molecule has 1 aromatic carbocycles. The largest absolute Gasteiger partial charge is 0.260 e. The fourth-order valence-corrected chi connectivity index (χ4v) is 4.92. The standard InChI is InChI=1S/C8H7BrP3/c9-12-7-3-1-2-6-8(7)5(10)4-11-6/h1-3,11-12H,10H2/q-1/p+1. The van der Waals surface area contributed by atoms with Gasteiger partial charge in [0.1, 0.15) is 0 Å². The Morgan fingerprint density at radius 2 is 2.33 bits per heavy atom. The zero-order chi connectivity index (χ0) is 8.55. The van der Waals surface area contributed by atoms with Crippen molar-refractivity contribution in [2.45, 2.75) is 0 Å². The Balaban J connectivity index is 2.84. The van der Waals surface area contributed by atoms with Crippen LogP contribution in [0.1, 0.15) is 0 Å². The topological polar surface area (TPSA) is 0 Å². The summed E-state index contributed by atoms with van der Waals surface area (Å²) in [5.41, 5.74) is 0. The molecule has 0 nitrogen and oxygen atoms in total. The minimum absolute atomic E-state index is 0.719. The van der Waals surface area contributed by atoms with E-state index in [9.17, 15) is 0 Å². The van der Waals surface area contributed by atoms with Crippen LogP contribution in [0.3, 0.4) is 0 Å². The Bertz CT molecular complexity index is 408. The van der Waals surface area contributed by atoms with Crippen molar-refractivity contribution in [1.82, 2.24) is 0 Å². The molecule has 0 bridgehead atoms. The number of fused-ring (bicyclic) bond motifs is 1. The van der Waals surface area contributed by atoms with E-state index < -0.39 is 0 Å². The fourth-order valence-electron chi connectivity index (χ4n) is 1.27. The molecule has 2 aromatic rings. The Morgan fingerprint density at radius 3 is 3.08 bits per heavy atom. The number of halogens is 1. The Hall–Kier alpha value is 0.600. The van der Waals surface area contributed by atoms with E-state index in [1.165, 1.54) is 21.1 Å². The van der Waals surface area contributed by atoms with E-state index >= 15 is 0 Å². The Labute approximate surface area is 85.3 Å². The van der Waals surface area contributed by atoms with Crippen molar-refractivity contribution in [1.29, 1.82) is 0 Å². The van der Waals surface area contributed by atoms with E-state index in [1.54, 1.807) is 0 Å². The van der Waals surface area contributed by atoms with E-state index in [0.29, 0.717) is 0 Å². The maximum atomic E-state index is 3.53. The molecule has 0 saturated heterocycles. The van der Waals surface area contributed by atoms with Gasteiger partial charge in [-0.15, -0.1) is 22.4 Å². The minimum Gasteiger partial charge on any atom is -0.260 e. The van der Waals surface area contributed by atoms with Crippen molar-refractivity contribution in [2.75, 3.05) is 0 Å². The fraction of sp³-hybridized carbons (Fsp3) is 0. The third kappa shape index (κ3) is 1.49. The average molecular weight is 277 g/mol. The van der Waals surface area contributed by atoms with Crippen molar-refractivity contribution in [3.63, 3.8) is 0 Å². The van der Waals surface area contributed by atoms with Crippen LogP contribution in [0.2, 0.25) is 0 Å². The lowest BCUT2D eigenvalue weighted by Crippen LogP contribution is -1.99. The smallest absolute Gasteiger partial charge is 0.0196 e. The molecule has 0 fully saturated rings. The first-order valence-electron chi connectivity index (χ1n) is 3.54. The second kappa shape index (κ2) is 3.77. The zero-order valence-electron chi connectivity index (χ0n) is 6.32. The molecule has 0 aliphatic rings. The molecule has 0 saturated carbocycles. The summed E-state index contributed by atoms with van der Waals surface area (Å²) in [5, 5.41) is 5.69. The van der Waals surface area contributed by atoms with Crippen molar-refractivity contribution in [2.24, 2.45) is 0 Å². The molecule has 62 valence electrons. The summed E-state index contributed by atoms with van der Waals surface area (Å²) in [6.07, 6.45) is 0. The Morgan fingerprint density at radius 1 is 1.50 bits per heavy atom. The first-order chi connectivity index (χ1) is 5.83. The van der Waals surface area contributed by atoms with Gasteiger partial charge in [-0.3, -0.25) is 8.19 Å². The predicted octanol–water partition coefficient (Wildman–Crippen LogP) is 2.52. The molecule has 1 heterocycles. The highest BCUT2D eigenvalue weighted by molar-refractivity contribution is 9.37. The van der Waals surface area contributed by atoms with Crippen LogP contribution in [0.4, 0.5) is 0 Å². The highest BCUT2D eigenvalue weighted by Crippen LogP contribution is 2.29. The molecule has 2 rings (SSSR count). The molecule has 0 amide bonds. The molecule has 0 spiro atoms. The maximum Gasteiger partial charge on any atom is -0.0196 e. The molecule has 4 heteroatoms. The predicted molar refractivity (Wildman–Crippen MR) is 69.9 cm³/mol. The summed E-state index contributed by atoms with van der Waals surface area (Å²) in [4.78, 5) is 0. The van der Waals surface area contributed by atoms with Gasteiger partial charge in [-0.25, -0.2) is 0 Å². The molecule has 0 radical (unpaired) electrons. The van der Waals surface area contributed by atoms with Crippen molar-refractivity contribution >= 4 is 61.3 Å². The zero-order valence-corrected chi connectivity index (χ0v) is 11.3. The van der Waals surface area contributed by atoms with Gasteiger partial charge < -0.3 is 0 Å². The van der Waals surface area contributed by atoms with Crippen LogP contribution in [0.25, 0.3) is 10.5 Å². The maximum absolute atomic E-state index is 3.53. The van der Waals surface area contributed by atoms with Crippen LogP contribution in [0.5, 0.6) is 0 Å². The van der Waals surface area contributed by atoms with E-state index in [1.807, 2.05) is 9.24 Å². The summed E-state index contributed by atoms with van der Waals surface area (Å²) in [6, 6.07) is 6.54. The van der Waals surface area contributed by atoms with Gasteiger partial charge in [0.15, 0.2) is 0 Å². The third-order valence-electron chi connectivity index (χ3n) is 1.82. The SMILES string of the molecule is [PH3+]c1[c-][pH]c2cccc(PBr)c12. The van der Waals surface area contributed by atoms with Crippen LogP contribution in [0, 0.1) is 5.80 Å². The number of rotatable bonds is 1. The normalized spacial score (nSPS) is 12.8. The summed E-state index contributed by atoms with van der Waals surface area (Å²) in [7, 11) is 3.43. The number of hydrogen-bond donors (Lipinski definition) is 0. The van der Waals surface area contributed by atoms with Crippen molar-refractivity contribution in [3.05, 3.63) is 24.0 Å².